The lowest BCUT2D eigenvalue weighted by molar-refractivity contribution is -0.119. The summed E-state index contributed by atoms with van der Waals surface area (Å²) in [5, 5.41) is 6.42. The van der Waals surface area contributed by atoms with E-state index in [4.69, 9.17) is 0 Å². The molecule has 1 amide bonds. The summed E-state index contributed by atoms with van der Waals surface area (Å²) in [6.45, 7) is 3.64. The summed E-state index contributed by atoms with van der Waals surface area (Å²) < 4.78 is 0. The second-order valence-corrected chi connectivity index (χ2v) is 5.74. The van der Waals surface area contributed by atoms with Crippen LogP contribution >= 0.6 is 0 Å². The van der Waals surface area contributed by atoms with Gasteiger partial charge in [0.1, 0.15) is 0 Å². The molecule has 1 heterocycles. The van der Waals surface area contributed by atoms with E-state index in [9.17, 15) is 4.79 Å². The van der Waals surface area contributed by atoms with Crippen LogP contribution in [-0.4, -0.2) is 19.0 Å². The molecule has 0 fully saturated rings. The Morgan fingerprint density at radius 2 is 2.25 bits per heavy atom. The summed E-state index contributed by atoms with van der Waals surface area (Å²) in [5.74, 6) is 0.0630. The van der Waals surface area contributed by atoms with Gasteiger partial charge in [-0.3, -0.25) is 4.79 Å². The van der Waals surface area contributed by atoms with Crippen LogP contribution in [0.2, 0.25) is 0 Å². The van der Waals surface area contributed by atoms with Gasteiger partial charge in [-0.2, -0.15) is 0 Å². The predicted molar refractivity (Wildman–Crippen MR) is 81.4 cm³/mol. The van der Waals surface area contributed by atoms with Gasteiger partial charge in [-0.1, -0.05) is 24.3 Å². The van der Waals surface area contributed by atoms with Crippen LogP contribution in [0.1, 0.15) is 48.9 Å². The van der Waals surface area contributed by atoms with Gasteiger partial charge in [0.05, 0.1) is 6.04 Å². The molecule has 0 saturated heterocycles. The summed E-state index contributed by atoms with van der Waals surface area (Å²) in [6.07, 6.45) is 6.73. The number of benzene rings is 1. The second kappa shape index (κ2) is 5.80. The first kappa shape index (κ1) is 13.4. The van der Waals surface area contributed by atoms with Gasteiger partial charge in [-0.25, -0.2) is 0 Å². The van der Waals surface area contributed by atoms with E-state index in [-0.39, 0.29) is 11.9 Å². The van der Waals surface area contributed by atoms with Crippen molar-refractivity contribution in [2.45, 2.75) is 38.6 Å². The number of aryl methyl sites for hydroxylation is 1. The molecular formula is C17H22N2O. The van der Waals surface area contributed by atoms with Gasteiger partial charge in [-0.05, 0) is 54.5 Å². The third-order valence-corrected chi connectivity index (χ3v) is 4.27. The molecular weight excluding hydrogens is 248 g/mol. The van der Waals surface area contributed by atoms with Crippen molar-refractivity contribution >= 4 is 11.5 Å². The summed E-state index contributed by atoms with van der Waals surface area (Å²) in [4.78, 5) is 11.3. The topological polar surface area (TPSA) is 41.1 Å². The molecule has 0 radical (unpaired) electrons. The van der Waals surface area contributed by atoms with Crippen molar-refractivity contribution in [3.8, 4) is 0 Å². The molecule has 2 N–H and O–H groups in total. The smallest absolute Gasteiger partial charge is 0.217 e. The highest BCUT2D eigenvalue weighted by molar-refractivity contribution is 5.74. The Kier molecular flexibility index (Phi) is 3.88. The van der Waals surface area contributed by atoms with Crippen molar-refractivity contribution in [2.24, 2.45) is 0 Å². The first-order chi connectivity index (χ1) is 9.74. The van der Waals surface area contributed by atoms with Crippen molar-refractivity contribution in [3.63, 3.8) is 0 Å². The number of amides is 1. The average molecular weight is 270 g/mol. The summed E-state index contributed by atoms with van der Waals surface area (Å²) in [5.41, 5.74) is 5.53. The molecule has 0 aromatic heterocycles. The molecule has 20 heavy (non-hydrogen) atoms. The van der Waals surface area contributed by atoms with Crippen LogP contribution in [0.15, 0.2) is 24.3 Å². The second-order valence-electron chi connectivity index (χ2n) is 5.74. The average Bonchev–Trinajstić information content (AvgIpc) is 2.47. The van der Waals surface area contributed by atoms with Gasteiger partial charge in [0.15, 0.2) is 0 Å². The molecule has 3 nitrogen and oxygen atoms in total. The Balaban J connectivity index is 1.88. The van der Waals surface area contributed by atoms with E-state index in [1.807, 2.05) is 0 Å². The molecule has 1 aromatic carbocycles. The molecule has 0 spiro atoms. The fourth-order valence-electron chi connectivity index (χ4n) is 3.29. The highest BCUT2D eigenvalue weighted by atomic mass is 16.1. The van der Waals surface area contributed by atoms with E-state index in [1.165, 1.54) is 22.3 Å². The van der Waals surface area contributed by atoms with Crippen molar-refractivity contribution < 1.29 is 4.79 Å². The first-order valence-electron chi connectivity index (χ1n) is 7.54. The maximum absolute atomic E-state index is 11.3. The summed E-state index contributed by atoms with van der Waals surface area (Å²) in [7, 11) is 0. The van der Waals surface area contributed by atoms with Crippen LogP contribution in [-0.2, 0) is 11.2 Å². The number of fused-ring (bicyclic) bond motifs is 1. The third-order valence-electron chi connectivity index (χ3n) is 4.27. The largest absolute Gasteiger partial charge is 0.350 e. The highest BCUT2D eigenvalue weighted by Gasteiger charge is 2.21. The van der Waals surface area contributed by atoms with E-state index < -0.39 is 0 Å². The zero-order chi connectivity index (χ0) is 13.9. The fourth-order valence-corrected chi connectivity index (χ4v) is 3.29. The Hall–Kier alpha value is -1.61. The molecule has 0 saturated carbocycles. The molecule has 1 atom stereocenters. The van der Waals surface area contributed by atoms with Crippen molar-refractivity contribution in [2.75, 3.05) is 13.1 Å². The quantitative estimate of drug-likeness (QED) is 0.867. The molecule has 3 rings (SSSR count). The third kappa shape index (κ3) is 2.78. The van der Waals surface area contributed by atoms with Gasteiger partial charge < -0.3 is 10.6 Å². The van der Waals surface area contributed by atoms with E-state index in [1.54, 1.807) is 6.92 Å². The van der Waals surface area contributed by atoms with E-state index in [0.29, 0.717) is 0 Å². The van der Waals surface area contributed by atoms with Gasteiger partial charge in [0, 0.05) is 13.5 Å². The Labute approximate surface area is 120 Å². The lowest BCUT2D eigenvalue weighted by Crippen LogP contribution is -2.29. The first-order valence-corrected chi connectivity index (χ1v) is 7.54. The van der Waals surface area contributed by atoms with Crippen LogP contribution in [0.5, 0.6) is 0 Å². The van der Waals surface area contributed by atoms with Crippen LogP contribution in [0, 0.1) is 0 Å². The highest BCUT2D eigenvalue weighted by Crippen LogP contribution is 2.32. The van der Waals surface area contributed by atoms with Gasteiger partial charge >= 0.3 is 0 Å². The molecule has 1 aliphatic heterocycles. The normalized spacial score (nSPS) is 21.9. The molecule has 0 unspecified atom stereocenters. The van der Waals surface area contributed by atoms with E-state index in [0.717, 1.165) is 38.8 Å². The van der Waals surface area contributed by atoms with Crippen LogP contribution < -0.4 is 10.6 Å². The Morgan fingerprint density at radius 3 is 3.00 bits per heavy atom. The van der Waals surface area contributed by atoms with Gasteiger partial charge in [0.25, 0.3) is 0 Å². The minimum Gasteiger partial charge on any atom is -0.350 e. The monoisotopic (exact) mass is 270 g/mol. The van der Waals surface area contributed by atoms with Crippen molar-refractivity contribution in [1.82, 2.24) is 10.6 Å². The number of carbonyl (C=O) groups is 1. The standard InChI is InChI=1S/C17H22N2O/c1-12(20)19-17-4-2-3-15-11-14(5-6-16(15)17)13-7-9-18-10-8-13/h5-7,11,17-18H,2-4,8-10H2,1H3,(H,19,20)/t17-/m1/s1. The molecule has 2 aliphatic rings. The number of nitrogens with one attached hydrogen (secondary N) is 2. The molecule has 106 valence electrons. The SMILES string of the molecule is CC(=O)N[C@@H]1CCCc2cc(C3=CCNCC3)ccc21. The fraction of sp³-hybridized carbons (Fsp3) is 0.471. The molecule has 3 heteroatoms. The zero-order valence-corrected chi connectivity index (χ0v) is 12.0. The number of hydrogen-bond donors (Lipinski definition) is 2. The van der Waals surface area contributed by atoms with E-state index >= 15 is 0 Å². The van der Waals surface area contributed by atoms with Crippen LogP contribution in [0.3, 0.4) is 0 Å². The molecule has 1 aromatic rings. The van der Waals surface area contributed by atoms with Crippen LogP contribution in [0.25, 0.3) is 5.57 Å². The lowest BCUT2D eigenvalue weighted by Gasteiger charge is -2.27. The van der Waals surface area contributed by atoms with Gasteiger partial charge in [-0.15, -0.1) is 0 Å². The Morgan fingerprint density at radius 1 is 1.35 bits per heavy atom. The number of carbonyl (C=O) groups excluding carboxylic acids is 1. The predicted octanol–water partition coefficient (Wildman–Crippen LogP) is 2.58. The molecule has 1 aliphatic carbocycles. The maximum Gasteiger partial charge on any atom is 0.217 e. The summed E-state index contributed by atoms with van der Waals surface area (Å²) in [6, 6.07) is 6.97. The number of rotatable bonds is 2. The lowest BCUT2D eigenvalue weighted by atomic mass is 9.85. The minimum atomic E-state index is 0.0630. The zero-order valence-electron chi connectivity index (χ0n) is 12.0. The van der Waals surface area contributed by atoms with Crippen molar-refractivity contribution in [1.29, 1.82) is 0 Å². The van der Waals surface area contributed by atoms with Gasteiger partial charge in [0.2, 0.25) is 5.91 Å². The minimum absolute atomic E-state index is 0.0630. The molecule has 0 bridgehead atoms. The van der Waals surface area contributed by atoms with E-state index in [2.05, 4.69) is 34.9 Å². The maximum atomic E-state index is 11.3. The van der Waals surface area contributed by atoms with Crippen molar-refractivity contribution in [3.05, 3.63) is 41.0 Å². The van der Waals surface area contributed by atoms with Crippen LogP contribution in [0.4, 0.5) is 0 Å². The Bertz CT molecular complexity index is 548. The number of hydrogen-bond acceptors (Lipinski definition) is 2. The summed E-state index contributed by atoms with van der Waals surface area (Å²) >= 11 is 0.